The monoisotopic (exact) mass is 191 g/mol. The Hall–Kier alpha value is -1.58. The van der Waals surface area contributed by atoms with Crippen LogP contribution in [0.1, 0.15) is 35.7 Å². The summed E-state index contributed by atoms with van der Waals surface area (Å²) in [4.78, 5) is 15.1. The second-order valence-electron chi connectivity index (χ2n) is 3.75. The zero-order chi connectivity index (χ0) is 10.3. The molecule has 3 N–H and O–H groups in total. The Bertz CT molecular complexity index is 389. The molecule has 0 fully saturated rings. The number of carbonyl (C=O) groups is 1. The molecular weight excluding hydrogens is 178 g/mol. The van der Waals surface area contributed by atoms with Crippen LogP contribution in [0.4, 0.5) is 5.82 Å². The van der Waals surface area contributed by atoms with E-state index in [-0.39, 0.29) is 0 Å². The molecule has 0 unspecified atom stereocenters. The maximum atomic E-state index is 11.0. The molecule has 1 amide bonds. The van der Waals surface area contributed by atoms with Crippen LogP contribution in [0.5, 0.6) is 0 Å². The summed E-state index contributed by atoms with van der Waals surface area (Å²) in [5, 5.41) is 3.25. The van der Waals surface area contributed by atoms with Crippen molar-refractivity contribution in [3.05, 3.63) is 23.4 Å². The molecule has 1 aliphatic heterocycles. The van der Waals surface area contributed by atoms with Gasteiger partial charge in [0.15, 0.2) is 0 Å². The first-order chi connectivity index (χ1) is 6.59. The van der Waals surface area contributed by atoms with Crippen molar-refractivity contribution in [2.75, 3.05) is 5.32 Å². The molecular formula is C10H13N3O. The molecule has 0 aliphatic carbocycles. The lowest BCUT2D eigenvalue weighted by atomic mass is 9.98. The van der Waals surface area contributed by atoms with Gasteiger partial charge in [0.25, 0.3) is 0 Å². The van der Waals surface area contributed by atoms with Gasteiger partial charge in [-0.05, 0) is 13.0 Å². The van der Waals surface area contributed by atoms with E-state index in [1.165, 1.54) is 6.20 Å². The van der Waals surface area contributed by atoms with Crippen molar-refractivity contribution in [2.45, 2.75) is 25.8 Å². The lowest BCUT2D eigenvalue weighted by Gasteiger charge is -2.08. The standard InChI is InChI=1S/C10H13N3O/c1-5-6(2)13-10-8(5)3-7(4-12-10)9(11)14/h3-6H,1-2H3,(H2,11,14)(H,12,13)/t5-,6-/m1/s1. The summed E-state index contributed by atoms with van der Waals surface area (Å²) >= 11 is 0. The molecule has 0 bridgehead atoms. The number of nitrogens with one attached hydrogen (secondary N) is 1. The number of carbonyl (C=O) groups excluding carboxylic acids is 1. The van der Waals surface area contributed by atoms with Crippen LogP contribution in [0.25, 0.3) is 0 Å². The van der Waals surface area contributed by atoms with Crippen molar-refractivity contribution in [2.24, 2.45) is 5.73 Å². The zero-order valence-corrected chi connectivity index (χ0v) is 8.24. The number of rotatable bonds is 1. The van der Waals surface area contributed by atoms with Crippen LogP contribution in [-0.4, -0.2) is 16.9 Å². The fourth-order valence-electron chi connectivity index (χ4n) is 1.69. The molecule has 4 heteroatoms. The van der Waals surface area contributed by atoms with Crippen LogP contribution in [0.2, 0.25) is 0 Å². The molecule has 0 spiro atoms. The van der Waals surface area contributed by atoms with E-state index >= 15 is 0 Å². The number of fused-ring (bicyclic) bond motifs is 1. The number of pyridine rings is 1. The minimum absolute atomic E-state index is 0.362. The molecule has 14 heavy (non-hydrogen) atoms. The van der Waals surface area contributed by atoms with Crippen LogP contribution >= 0.6 is 0 Å². The summed E-state index contributed by atoms with van der Waals surface area (Å²) in [6, 6.07) is 2.19. The van der Waals surface area contributed by atoms with Gasteiger partial charge in [-0.2, -0.15) is 0 Å². The van der Waals surface area contributed by atoms with E-state index in [1.54, 1.807) is 0 Å². The first-order valence-corrected chi connectivity index (χ1v) is 4.66. The normalized spacial score (nSPS) is 24.1. The summed E-state index contributed by atoms with van der Waals surface area (Å²) in [7, 11) is 0. The highest BCUT2D eigenvalue weighted by molar-refractivity contribution is 5.93. The predicted molar refractivity (Wildman–Crippen MR) is 54.3 cm³/mol. The second-order valence-corrected chi connectivity index (χ2v) is 3.75. The average Bonchev–Trinajstić information content (AvgIpc) is 2.43. The first kappa shape index (κ1) is 8.99. The van der Waals surface area contributed by atoms with Gasteiger partial charge >= 0.3 is 0 Å². The van der Waals surface area contributed by atoms with Gasteiger partial charge in [-0.15, -0.1) is 0 Å². The van der Waals surface area contributed by atoms with Gasteiger partial charge in [-0.25, -0.2) is 4.98 Å². The van der Waals surface area contributed by atoms with E-state index < -0.39 is 5.91 Å². The zero-order valence-electron chi connectivity index (χ0n) is 8.24. The summed E-state index contributed by atoms with van der Waals surface area (Å²) < 4.78 is 0. The van der Waals surface area contributed by atoms with E-state index in [0.29, 0.717) is 17.5 Å². The lowest BCUT2D eigenvalue weighted by Crippen LogP contribution is -2.13. The van der Waals surface area contributed by atoms with Gasteiger partial charge in [0.1, 0.15) is 5.82 Å². The average molecular weight is 191 g/mol. The second kappa shape index (κ2) is 2.97. The topological polar surface area (TPSA) is 68.0 Å². The fourth-order valence-corrected chi connectivity index (χ4v) is 1.69. The third-order valence-corrected chi connectivity index (χ3v) is 2.81. The van der Waals surface area contributed by atoms with Crippen LogP contribution in [0, 0.1) is 0 Å². The molecule has 0 aromatic carbocycles. The van der Waals surface area contributed by atoms with E-state index in [4.69, 9.17) is 5.73 Å². The van der Waals surface area contributed by atoms with Crippen LogP contribution in [0.3, 0.4) is 0 Å². The lowest BCUT2D eigenvalue weighted by molar-refractivity contribution is 0.1000. The Kier molecular flexibility index (Phi) is 1.91. The fraction of sp³-hybridized carbons (Fsp3) is 0.400. The number of amides is 1. The van der Waals surface area contributed by atoms with Gasteiger partial charge in [0.2, 0.25) is 5.91 Å². The molecule has 1 aliphatic rings. The number of hydrogen-bond donors (Lipinski definition) is 2. The Morgan fingerprint density at radius 2 is 2.29 bits per heavy atom. The molecule has 0 radical (unpaired) electrons. The van der Waals surface area contributed by atoms with Crippen molar-refractivity contribution in [3.8, 4) is 0 Å². The predicted octanol–water partition coefficient (Wildman–Crippen LogP) is 1.10. The molecule has 0 saturated carbocycles. The number of hydrogen-bond acceptors (Lipinski definition) is 3. The maximum Gasteiger partial charge on any atom is 0.250 e. The number of aromatic nitrogens is 1. The van der Waals surface area contributed by atoms with Gasteiger partial charge in [0, 0.05) is 23.7 Å². The van der Waals surface area contributed by atoms with Gasteiger partial charge < -0.3 is 11.1 Å². The number of nitrogens with zero attached hydrogens (tertiary/aromatic N) is 1. The Morgan fingerprint density at radius 1 is 1.57 bits per heavy atom. The van der Waals surface area contributed by atoms with E-state index in [9.17, 15) is 4.79 Å². The highest BCUT2D eigenvalue weighted by Gasteiger charge is 2.26. The van der Waals surface area contributed by atoms with Gasteiger partial charge in [0.05, 0.1) is 5.56 Å². The van der Waals surface area contributed by atoms with Crippen molar-refractivity contribution < 1.29 is 4.79 Å². The van der Waals surface area contributed by atoms with Crippen molar-refractivity contribution in [3.63, 3.8) is 0 Å². The summed E-state index contributed by atoms with van der Waals surface area (Å²) in [5.74, 6) is 0.818. The van der Waals surface area contributed by atoms with E-state index in [2.05, 4.69) is 24.1 Å². The SMILES string of the molecule is C[C@H]1Nc2ncc(C(N)=O)cc2[C@@H]1C. The Balaban J connectivity index is 2.46. The molecule has 2 atom stereocenters. The third kappa shape index (κ3) is 1.23. The van der Waals surface area contributed by atoms with Crippen molar-refractivity contribution in [1.29, 1.82) is 0 Å². The Morgan fingerprint density at radius 3 is 2.93 bits per heavy atom. The summed E-state index contributed by atoms with van der Waals surface area (Å²) in [6.07, 6.45) is 1.51. The van der Waals surface area contributed by atoms with Crippen LogP contribution in [-0.2, 0) is 0 Å². The molecule has 4 nitrogen and oxygen atoms in total. The summed E-state index contributed by atoms with van der Waals surface area (Å²) in [6.45, 7) is 4.20. The highest BCUT2D eigenvalue weighted by atomic mass is 16.1. The van der Waals surface area contributed by atoms with Gasteiger partial charge in [-0.3, -0.25) is 4.79 Å². The number of nitrogens with two attached hydrogens (primary N) is 1. The largest absolute Gasteiger partial charge is 0.367 e. The number of anilines is 1. The van der Waals surface area contributed by atoms with Crippen molar-refractivity contribution >= 4 is 11.7 Å². The van der Waals surface area contributed by atoms with Gasteiger partial charge in [-0.1, -0.05) is 6.92 Å². The molecule has 2 heterocycles. The van der Waals surface area contributed by atoms with Crippen LogP contribution < -0.4 is 11.1 Å². The molecule has 0 saturated heterocycles. The Labute approximate surface area is 82.5 Å². The van der Waals surface area contributed by atoms with Crippen molar-refractivity contribution in [1.82, 2.24) is 4.98 Å². The molecule has 1 aromatic rings. The van der Waals surface area contributed by atoms with Crippen LogP contribution in [0.15, 0.2) is 12.3 Å². The third-order valence-electron chi connectivity index (χ3n) is 2.81. The highest BCUT2D eigenvalue weighted by Crippen LogP contribution is 2.33. The minimum atomic E-state index is -0.424. The maximum absolute atomic E-state index is 11.0. The van der Waals surface area contributed by atoms with E-state index in [0.717, 1.165) is 11.4 Å². The minimum Gasteiger partial charge on any atom is -0.367 e. The van der Waals surface area contributed by atoms with E-state index in [1.807, 2.05) is 6.07 Å². The molecule has 1 aromatic heterocycles. The summed E-state index contributed by atoms with van der Waals surface area (Å²) in [5.41, 5.74) is 6.74. The smallest absolute Gasteiger partial charge is 0.250 e. The molecule has 74 valence electrons. The quantitative estimate of drug-likeness (QED) is 0.698. The first-order valence-electron chi connectivity index (χ1n) is 4.66. The number of primary amides is 1. The molecule has 2 rings (SSSR count).